The summed E-state index contributed by atoms with van der Waals surface area (Å²) in [5, 5.41) is 10.1. The number of sulfonamides is 1. The van der Waals surface area contributed by atoms with Gasteiger partial charge in [-0.15, -0.1) is 0 Å². The molecule has 0 aromatic heterocycles. The molecule has 3 aromatic rings. The maximum Gasteiger partial charge on any atom is 0.342 e. The highest BCUT2D eigenvalue weighted by atomic mass is 32.2. The molecule has 34 heavy (non-hydrogen) atoms. The van der Waals surface area contributed by atoms with Gasteiger partial charge in [0.1, 0.15) is 17.1 Å². The minimum absolute atomic E-state index is 0.257. The van der Waals surface area contributed by atoms with Gasteiger partial charge in [-0.2, -0.15) is 0 Å². The maximum atomic E-state index is 12.8. The van der Waals surface area contributed by atoms with Crippen LogP contribution in [-0.4, -0.2) is 45.7 Å². The number of amides is 1. The predicted molar refractivity (Wildman–Crippen MR) is 125 cm³/mol. The first kappa shape index (κ1) is 23.1. The van der Waals surface area contributed by atoms with Crippen molar-refractivity contribution in [3.8, 4) is 11.5 Å². The molecule has 10 heteroatoms. The van der Waals surface area contributed by atoms with Crippen LogP contribution in [-0.2, 0) is 26.0 Å². The summed E-state index contributed by atoms with van der Waals surface area (Å²) in [6.45, 7) is -0.0700. The summed E-state index contributed by atoms with van der Waals surface area (Å²) in [4.78, 5) is 26.4. The predicted octanol–water partition coefficient (Wildman–Crippen LogP) is 2.95. The average molecular weight is 483 g/mol. The van der Waals surface area contributed by atoms with Crippen LogP contribution in [0.4, 0.5) is 11.4 Å². The second-order valence-corrected chi connectivity index (χ2v) is 9.20. The normalized spacial score (nSPS) is 12.7. The fourth-order valence-corrected chi connectivity index (χ4v) is 4.68. The summed E-state index contributed by atoms with van der Waals surface area (Å²) in [5.41, 5.74) is 1.72. The van der Waals surface area contributed by atoms with E-state index >= 15 is 0 Å². The number of methoxy groups -OCH3 is 1. The van der Waals surface area contributed by atoms with E-state index in [2.05, 4.69) is 4.72 Å². The lowest BCUT2D eigenvalue weighted by atomic mass is 10.2. The van der Waals surface area contributed by atoms with E-state index in [1.54, 1.807) is 12.1 Å². The largest absolute Gasteiger partial charge is 0.507 e. The zero-order valence-corrected chi connectivity index (χ0v) is 19.0. The summed E-state index contributed by atoms with van der Waals surface area (Å²) >= 11 is 0. The van der Waals surface area contributed by atoms with Gasteiger partial charge in [0.15, 0.2) is 6.61 Å². The Morgan fingerprint density at radius 3 is 2.53 bits per heavy atom. The first-order chi connectivity index (χ1) is 16.3. The second-order valence-electron chi connectivity index (χ2n) is 7.51. The smallest absolute Gasteiger partial charge is 0.342 e. The van der Waals surface area contributed by atoms with Crippen LogP contribution < -0.4 is 14.4 Å². The Balaban J connectivity index is 1.46. The molecular weight excluding hydrogens is 460 g/mol. The molecule has 0 aliphatic carbocycles. The number of hydrogen-bond donors (Lipinski definition) is 2. The number of anilines is 2. The van der Waals surface area contributed by atoms with Gasteiger partial charge in [-0.3, -0.25) is 9.52 Å². The highest BCUT2D eigenvalue weighted by molar-refractivity contribution is 7.92. The number of phenolic OH excluding ortho intramolecular Hbond substituents is 1. The van der Waals surface area contributed by atoms with E-state index < -0.39 is 34.3 Å². The number of esters is 1. The van der Waals surface area contributed by atoms with Crippen molar-refractivity contribution in [1.82, 2.24) is 0 Å². The summed E-state index contributed by atoms with van der Waals surface area (Å²) in [5.74, 6) is -1.33. The Labute approximate surface area is 196 Å². The van der Waals surface area contributed by atoms with Crippen molar-refractivity contribution < 1.29 is 32.6 Å². The number of para-hydroxylation sites is 1. The first-order valence-electron chi connectivity index (χ1n) is 10.3. The number of phenols is 1. The number of fused-ring (bicyclic) bond motifs is 1. The Kier molecular flexibility index (Phi) is 6.42. The topological polar surface area (TPSA) is 122 Å². The van der Waals surface area contributed by atoms with Crippen molar-refractivity contribution >= 4 is 33.3 Å². The van der Waals surface area contributed by atoms with Crippen LogP contribution in [0.25, 0.3) is 0 Å². The molecule has 0 atom stereocenters. The number of hydrogen-bond acceptors (Lipinski definition) is 7. The molecule has 176 valence electrons. The monoisotopic (exact) mass is 482 g/mol. The summed E-state index contributed by atoms with van der Waals surface area (Å²) in [6, 6.07) is 16.9. The molecule has 0 unspecified atom stereocenters. The summed E-state index contributed by atoms with van der Waals surface area (Å²) < 4.78 is 38.1. The molecule has 0 spiro atoms. The zero-order valence-electron chi connectivity index (χ0n) is 18.2. The number of rotatable bonds is 7. The first-order valence-corrected chi connectivity index (χ1v) is 11.8. The van der Waals surface area contributed by atoms with E-state index in [1.807, 2.05) is 24.3 Å². The number of carbonyl (C=O) groups excluding carboxylic acids is 2. The van der Waals surface area contributed by atoms with E-state index in [0.29, 0.717) is 18.7 Å². The minimum atomic E-state index is -4.07. The van der Waals surface area contributed by atoms with Gasteiger partial charge < -0.3 is 19.5 Å². The van der Waals surface area contributed by atoms with Gasteiger partial charge in [0.2, 0.25) is 0 Å². The Morgan fingerprint density at radius 2 is 1.79 bits per heavy atom. The number of aromatic hydroxyl groups is 1. The molecule has 1 heterocycles. The van der Waals surface area contributed by atoms with Gasteiger partial charge in [0.25, 0.3) is 15.9 Å². The molecule has 0 fully saturated rings. The highest BCUT2D eigenvalue weighted by Crippen LogP contribution is 2.28. The lowest BCUT2D eigenvalue weighted by Gasteiger charge is -2.17. The summed E-state index contributed by atoms with van der Waals surface area (Å²) in [7, 11) is -2.57. The third-order valence-electron chi connectivity index (χ3n) is 5.36. The molecule has 3 aromatic carbocycles. The number of benzene rings is 3. The highest BCUT2D eigenvalue weighted by Gasteiger charge is 2.26. The zero-order chi connectivity index (χ0) is 24.3. The van der Waals surface area contributed by atoms with Gasteiger partial charge >= 0.3 is 5.97 Å². The molecule has 4 rings (SSSR count). The molecule has 0 radical (unpaired) electrons. The lowest BCUT2D eigenvalue weighted by molar-refractivity contribution is -0.121. The minimum Gasteiger partial charge on any atom is -0.507 e. The number of nitrogens with one attached hydrogen (secondary N) is 1. The van der Waals surface area contributed by atoms with Gasteiger partial charge in [0, 0.05) is 17.9 Å². The second kappa shape index (κ2) is 9.44. The molecule has 0 saturated carbocycles. The van der Waals surface area contributed by atoms with E-state index in [-0.39, 0.29) is 16.1 Å². The van der Waals surface area contributed by atoms with Crippen LogP contribution >= 0.6 is 0 Å². The average Bonchev–Trinajstić information content (AvgIpc) is 3.27. The third-order valence-corrected chi connectivity index (χ3v) is 6.73. The van der Waals surface area contributed by atoms with Crippen LogP contribution in [0.15, 0.2) is 71.6 Å². The van der Waals surface area contributed by atoms with Crippen molar-refractivity contribution in [3.05, 3.63) is 77.9 Å². The van der Waals surface area contributed by atoms with E-state index in [9.17, 15) is 23.1 Å². The molecule has 1 amide bonds. The molecule has 0 saturated heterocycles. The number of nitrogens with zero attached hydrogens (tertiary/aromatic N) is 1. The van der Waals surface area contributed by atoms with E-state index in [0.717, 1.165) is 29.4 Å². The maximum absolute atomic E-state index is 12.8. The molecular formula is C24H22N2O7S. The molecule has 9 nitrogen and oxygen atoms in total. The SMILES string of the molecule is COc1ccc(NS(=O)(=O)c2ccc(O)c(C(=O)OCC(=O)N3CCc4ccccc43)c2)cc1. The van der Waals surface area contributed by atoms with Gasteiger partial charge in [-0.05, 0) is 60.5 Å². The molecule has 0 bridgehead atoms. The van der Waals surface area contributed by atoms with Crippen molar-refractivity contribution in [2.24, 2.45) is 0 Å². The van der Waals surface area contributed by atoms with Crippen LogP contribution in [0, 0.1) is 0 Å². The number of carbonyl (C=O) groups is 2. The van der Waals surface area contributed by atoms with Gasteiger partial charge in [0.05, 0.1) is 12.0 Å². The van der Waals surface area contributed by atoms with Crippen molar-refractivity contribution in [2.75, 3.05) is 29.9 Å². The van der Waals surface area contributed by atoms with Crippen LogP contribution in [0.2, 0.25) is 0 Å². The fraction of sp³-hybridized carbons (Fsp3) is 0.167. The third kappa shape index (κ3) is 4.81. The van der Waals surface area contributed by atoms with Crippen LogP contribution in [0.3, 0.4) is 0 Å². The van der Waals surface area contributed by atoms with E-state index in [4.69, 9.17) is 9.47 Å². The molecule has 1 aliphatic heterocycles. The Morgan fingerprint density at radius 1 is 1.06 bits per heavy atom. The van der Waals surface area contributed by atoms with Crippen LogP contribution in [0.1, 0.15) is 15.9 Å². The standard InChI is InChI=1S/C24H22N2O7S/c1-32-18-8-6-17(7-9-18)25-34(30,31)19-10-11-22(27)20(14-19)24(29)33-15-23(28)26-13-12-16-4-2-3-5-21(16)26/h2-11,14,25,27H,12-13,15H2,1H3. The Hall–Kier alpha value is -4.05. The summed E-state index contributed by atoms with van der Waals surface area (Å²) in [6.07, 6.45) is 0.706. The van der Waals surface area contributed by atoms with Gasteiger partial charge in [-0.1, -0.05) is 18.2 Å². The quantitative estimate of drug-likeness (QED) is 0.497. The number of ether oxygens (including phenoxy) is 2. The Bertz CT molecular complexity index is 1340. The molecule has 1 aliphatic rings. The van der Waals surface area contributed by atoms with E-state index in [1.165, 1.54) is 24.1 Å². The van der Waals surface area contributed by atoms with Crippen molar-refractivity contribution in [2.45, 2.75) is 11.3 Å². The fourth-order valence-electron chi connectivity index (χ4n) is 3.60. The van der Waals surface area contributed by atoms with Crippen molar-refractivity contribution in [1.29, 1.82) is 0 Å². The van der Waals surface area contributed by atoms with Crippen LogP contribution in [0.5, 0.6) is 11.5 Å². The molecule has 2 N–H and O–H groups in total. The van der Waals surface area contributed by atoms with Gasteiger partial charge in [-0.25, -0.2) is 13.2 Å². The lowest BCUT2D eigenvalue weighted by Crippen LogP contribution is -2.33. The van der Waals surface area contributed by atoms with Crippen molar-refractivity contribution in [3.63, 3.8) is 0 Å².